The third-order valence-corrected chi connectivity index (χ3v) is 4.39. The summed E-state index contributed by atoms with van der Waals surface area (Å²) in [5.41, 5.74) is 1.35. The Hall–Kier alpha value is -3.07. The van der Waals surface area contributed by atoms with Crippen molar-refractivity contribution in [3.63, 3.8) is 0 Å². The maximum atomic E-state index is 13.0. The van der Waals surface area contributed by atoms with E-state index in [1.807, 2.05) is 6.92 Å². The summed E-state index contributed by atoms with van der Waals surface area (Å²) in [5.74, 6) is 0.616. The fourth-order valence-corrected chi connectivity index (χ4v) is 2.94. The Balaban J connectivity index is 2.36. The van der Waals surface area contributed by atoms with Crippen molar-refractivity contribution in [2.24, 2.45) is 0 Å². The van der Waals surface area contributed by atoms with Gasteiger partial charge in [-0.05, 0) is 30.2 Å². The first kappa shape index (κ1) is 25.2. The first-order valence-electron chi connectivity index (χ1n) is 10.1. The number of benzene rings is 2. The van der Waals surface area contributed by atoms with E-state index in [4.69, 9.17) is 28.4 Å². The van der Waals surface area contributed by atoms with Crippen molar-refractivity contribution < 1.29 is 38.3 Å². The molecule has 0 atom stereocenters. The van der Waals surface area contributed by atoms with Crippen LogP contribution in [0.1, 0.15) is 34.8 Å². The summed E-state index contributed by atoms with van der Waals surface area (Å²) >= 11 is 0. The van der Waals surface area contributed by atoms with Crippen LogP contribution in [0.5, 0.6) is 23.0 Å². The predicted octanol–water partition coefficient (Wildman–Crippen LogP) is 4.19. The van der Waals surface area contributed by atoms with Gasteiger partial charge in [-0.25, -0.2) is 0 Å². The molecule has 0 heterocycles. The van der Waals surface area contributed by atoms with E-state index in [1.54, 1.807) is 43.5 Å². The van der Waals surface area contributed by atoms with E-state index < -0.39 is 5.78 Å². The molecule has 0 saturated heterocycles. The van der Waals surface area contributed by atoms with Gasteiger partial charge < -0.3 is 33.5 Å². The van der Waals surface area contributed by atoms with Gasteiger partial charge in [0.05, 0.1) is 0 Å². The van der Waals surface area contributed by atoms with Crippen LogP contribution in [0.2, 0.25) is 0 Å². The number of allylic oxidation sites excluding steroid dienone is 1. The first-order chi connectivity index (χ1) is 15.5. The number of hydrogen-bond donors (Lipinski definition) is 1. The van der Waals surface area contributed by atoms with Gasteiger partial charge in [0.2, 0.25) is 0 Å². The maximum absolute atomic E-state index is 13.0. The normalized spacial score (nSPS) is 11.0. The number of carbonyl (C=O) groups excluding carboxylic acids is 1. The standard InChI is InChI=1S/C24H30O8/c1-5-6-19-21(31-15-28-3)13-22(32-16-29-4)23(24(19)26)20(25)12-9-17-7-10-18(11-8-17)30-14-27-2/h7-13,26H,5-6,14-16H2,1-4H3/b12-9+. The number of methoxy groups -OCH3 is 3. The zero-order valence-electron chi connectivity index (χ0n) is 18.9. The third-order valence-electron chi connectivity index (χ3n) is 4.39. The predicted molar refractivity (Wildman–Crippen MR) is 119 cm³/mol. The SMILES string of the molecule is CCCc1c(OCOC)cc(OCOC)c(C(=O)/C=C/c2ccc(OCOC)cc2)c1O. The molecular weight excluding hydrogens is 416 g/mol. The van der Waals surface area contributed by atoms with Crippen LogP contribution in [0.15, 0.2) is 36.4 Å². The van der Waals surface area contributed by atoms with Gasteiger partial charge >= 0.3 is 0 Å². The highest BCUT2D eigenvalue weighted by Crippen LogP contribution is 2.40. The van der Waals surface area contributed by atoms with Crippen molar-refractivity contribution in [3.05, 3.63) is 53.1 Å². The maximum Gasteiger partial charge on any atom is 0.193 e. The van der Waals surface area contributed by atoms with Gasteiger partial charge in [0.15, 0.2) is 26.2 Å². The average Bonchev–Trinajstić information content (AvgIpc) is 2.81. The second-order valence-corrected chi connectivity index (χ2v) is 6.74. The quantitative estimate of drug-likeness (QED) is 0.262. The molecule has 8 heteroatoms. The Morgan fingerprint density at radius 2 is 1.50 bits per heavy atom. The van der Waals surface area contributed by atoms with E-state index in [0.717, 1.165) is 12.0 Å². The number of carbonyl (C=O) groups is 1. The number of phenols is 1. The van der Waals surface area contributed by atoms with Crippen molar-refractivity contribution in [1.29, 1.82) is 0 Å². The summed E-state index contributed by atoms with van der Waals surface area (Å²) in [6.07, 6.45) is 4.29. The highest BCUT2D eigenvalue weighted by atomic mass is 16.7. The molecule has 0 aliphatic rings. The van der Waals surface area contributed by atoms with Crippen molar-refractivity contribution in [2.45, 2.75) is 19.8 Å². The van der Waals surface area contributed by atoms with Crippen LogP contribution in [0, 0.1) is 0 Å². The molecule has 2 aromatic rings. The molecule has 0 bridgehead atoms. The van der Waals surface area contributed by atoms with E-state index >= 15 is 0 Å². The van der Waals surface area contributed by atoms with Crippen LogP contribution in [0.25, 0.3) is 6.08 Å². The molecule has 0 aromatic heterocycles. The fraction of sp³-hybridized carbons (Fsp3) is 0.375. The number of ether oxygens (including phenoxy) is 6. The molecule has 1 N–H and O–H groups in total. The molecule has 0 aliphatic heterocycles. The van der Waals surface area contributed by atoms with Crippen LogP contribution in [0.3, 0.4) is 0 Å². The van der Waals surface area contributed by atoms with Gasteiger partial charge in [-0.15, -0.1) is 0 Å². The molecule has 2 rings (SSSR count). The highest BCUT2D eigenvalue weighted by molar-refractivity contribution is 6.11. The molecule has 2 aromatic carbocycles. The Morgan fingerprint density at radius 3 is 2.09 bits per heavy atom. The van der Waals surface area contributed by atoms with E-state index in [0.29, 0.717) is 23.5 Å². The largest absolute Gasteiger partial charge is 0.507 e. The molecule has 0 unspecified atom stereocenters. The lowest BCUT2D eigenvalue weighted by molar-refractivity contribution is 0.0448. The molecule has 0 radical (unpaired) electrons. The number of aromatic hydroxyl groups is 1. The van der Waals surface area contributed by atoms with E-state index in [-0.39, 0.29) is 37.4 Å². The van der Waals surface area contributed by atoms with Gasteiger partial charge in [0.25, 0.3) is 0 Å². The van der Waals surface area contributed by atoms with Crippen LogP contribution >= 0.6 is 0 Å². The van der Waals surface area contributed by atoms with Crippen LogP contribution in [0.4, 0.5) is 0 Å². The summed E-state index contributed by atoms with van der Waals surface area (Å²) in [6, 6.07) is 8.73. The second-order valence-electron chi connectivity index (χ2n) is 6.74. The lowest BCUT2D eigenvalue weighted by atomic mass is 9.99. The topological polar surface area (TPSA) is 92.7 Å². The molecule has 0 aliphatic carbocycles. The van der Waals surface area contributed by atoms with Gasteiger partial charge in [0.1, 0.15) is 28.6 Å². The Bertz CT molecular complexity index is 890. The minimum atomic E-state index is -0.413. The molecule has 0 spiro atoms. The van der Waals surface area contributed by atoms with Crippen LogP contribution < -0.4 is 14.2 Å². The molecule has 174 valence electrons. The van der Waals surface area contributed by atoms with Crippen molar-refractivity contribution in [3.8, 4) is 23.0 Å². The molecule has 0 fully saturated rings. The molecular formula is C24H30O8. The molecule has 0 amide bonds. The zero-order valence-corrected chi connectivity index (χ0v) is 18.9. The number of phenolic OH excluding ortho intramolecular Hbond substituents is 1. The Labute approximate surface area is 188 Å². The summed E-state index contributed by atoms with van der Waals surface area (Å²) < 4.78 is 31.3. The van der Waals surface area contributed by atoms with Crippen LogP contribution in [-0.2, 0) is 20.6 Å². The van der Waals surface area contributed by atoms with Crippen LogP contribution in [-0.4, -0.2) is 52.6 Å². The third kappa shape index (κ3) is 6.98. The minimum absolute atomic E-state index is 0.00282. The fourth-order valence-electron chi connectivity index (χ4n) is 2.94. The van der Waals surface area contributed by atoms with Gasteiger partial charge in [-0.2, -0.15) is 0 Å². The monoisotopic (exact) mass is 446 g/mol. The molecule has 32 heavy (non-hydrogen) atoms. The number of hydrogen-bond acceptors (Lipinski definition) is 8. The lowest BCUT2D eigenvalue weighted by Crippen LogP contribution is -2.09. The van der Waals surface area contributed by atoms with Crippen molar-refractivity contribution in [1.82, 2.24) is 0 Å². The summed E-state index contributed by atoms with van der Waals surface area (Å²) in [7, 11) is 4.51. The zero-order chi connectivity index (χ0) is 23.3. The number of rotatable bonds is 14. The second kappa shape index (κ2) is 13.4. The highest BCUT2D eigenvalue weighted by Gasteiger charge is 2.23. The van der Waals surface area contributed by atoms with Gasteiger partial charge in [-0.1, -0.05) is 31.6 Å². The average molecular weight is 446 g/mol. The van der Waals surface area contributed by atoms with Gasteiger partial charge in [0, 0.05) is 33.0 Å². The van der Waals surface area contributed by atoms with Gasteiger partial charge in [-0.3, -0.25) is 4.79 Å². The van der Waals surface area contributed by atoms with Crippen molar-refractivity contribution >= 4 is 11.9 Å². The smallest absolute Gasteiger partial charge is 0.193 e. The van der Waals surface area contributed by atoms with E-state index in [9.17, 15) is 9.90 Å². The molecule has 8 nitrogen and oxygen atoms in total. The summed E-state index contributed by atoms with van der Waals surface area (Å²) in [6.45, 7) is 2.03. The summed E-state index contributed by atoms with van der Waals surface area (Å²) in [5, 5.41) is 10.9. The first-order valence-corrected chi connectivity index (χ1v) is 10.1. The van der Waals surface area contributed by atoms with E-state index in [2.05, 4.69) is 0 Å². The minimum Gasteiger partial charge on any atom is -0.507 e. The molecule has 0 saturated carbocycles. The summed E-state index contributed by atoms with van der Waals surface area (Å²) in [4.78, 5) is 13.0. The van der Waals surface area contributed by atoms with Crippen molar-refractivity contribution in [2.75, 3.05) is 41.7 Å². The number of ketones is 1. The Kier molecular flexibility index (Phi) is 10.5. The van der Waals surface area contributed by atoms with E-state index in [1.165, 1.54) is 20.3 Å². The Morgan fingerprint density at radius 1 is 0.906 bits per heavy atom. The lowest BCUT2D eigenvalue weighted by Gasteiger charge is -2.18.